The summed E-state index contributed by atoms with van der Waals surface area (Å²) in [6.07, 6.45) is 0. The summed E-state index contributed by atoms with van der Waals surface area (Å²) >= 11 is 0. The first kappa shape index (κ1) is 15.0. The Morgan fingerprint density at radius 3 is 2.00 bits per heavy atom. The molecule has 19 heavy (non-hydrogen) atoms. The number of amides is 3. The maximum absolute atomic E-state index is 11.9. The number of rotatable bonds is 4. The number of anilines is 2. The zero-order chi connectivity index (χ0) is 14.5. The van der Waals surface area contributed by atoms with Crippen LogP contribution >= 0.6 is 0 Å². The lowest BCUT2D eigenvalue weighted by Gasteiger charge is -2.21. The Bertz CT molecular complexity index is 454. The molecule has 3 amide bonds. The molecule has 104 valence electrons. The van der Waals surface area contributed by atoms with E-state index in [9.17, 15) is 9.59 Å². The van der Waals surface area contributed by atoms with Gasteiger partial charge in [0.15, 0.2) is 0 Å². The highest BCUT2D eigenvalue weighted by atomic mass is 16.2. The average molecular weight is 264 g/mol. The van der Waals surface area contributed by atoms with E-state index in [0.717, 1.165) is 0 Å². The van der Waals surface area contributed by atoms with Gasteiger partial charge >= 0.3 is 6.03 Å². The van der Waals surface area contributed by atoms with Crippen molar-refractivity contribution >= 4 is 23.3 Å². The molecule has 0 saturated carbocycles. The number of hydrogen-bond donors (Lipinski definition) is 4. The fraction of sp³-hybridized carbons (Fsp3) is 0.385. The van der Waals surface area contributed by atoms with Crippen molar-refractivity contribution < 1.29 is 9.59 Å². The van der Waals surface area contributed by atoms with E-state index in [1.807, 2.05) is 0 Å². The number of carbonyl (C=O) groups excluding carboxylic acids is 2. The predicted molar refractivity (Wildman–Crippen MR) is 76.0 cm³/mol. The fourth-order valence-corrected chi connectivity index (χ4v) is 1.22. The van der Waals surface area contributed by atoms with Gasteiger partial charge in [0.05, 0.1) is 5.41 Å². The minimum atomic E-state index is -0.612. The van der Waals surface area contributed by atoms with Crippen LogP contribution in [0, 0.1) is 5.41 Å². The smallest absolute Gasteiger partial charge is 0.318 e. The van der Waals surface area contributed by atoms with Crippen LogP contribution in [0.1, 0.15) is 13.8 Å². The van der Waals surface area contributed by atoms with E-state index < -0.39 is 5.41 Å². The molecular formula is C13H20N4O2. The molecule has 0 bridgehead atoms. The summed E-state index contributed by atoms with van der Waals surface area (Å²) in [5.41, 5.74) is 6.24. The fourth-order valence-electron chi connectivity index (χ4n) is 1.22. The molecule has 0 aliphatic heterocycles. The first-order valence-electron chi connectivity index (χ1n) is 5.99. The van der Waals surface area contributed by atoms with Gasteiger partial charge in [0, 0.05) is 25.0 Å². The topological polar surface area (TPSA) is 96.2 Å². The Kier molecular flexibility index (Phi) is 4.88. The van der Waals surface area contributed by atoms with Gasteiger partial charge in [0.2, 0.25) is 5.91 Å². The number of nitrogens with one attached hydrogen (secondary N) is 3. The number of benzene rings is 1. The molecule has 1 aromatic rings. The van der Waals surface area contributed by atoms with Gasteiger partial charge in [-0.1, -0.05) is 0 Å². The zero-order valence-electron chi connectivity index (χ0n) is 11.4. The van der Waals surface area contributed by atoms with E-state index in [4.69, 9.17) is 5.73 Å². The summed E-state index contributed by atoms with van der Waals surface area (Å²) in [5, 5.41) is 7.87. The van der Waals surface area contributed by atoms with Crippen LogP contribution in [-0.2, 0) is 4.79 Å². The van der Waals surface area contributed by atoms with Crippen LogP contribution in [0.2, 0.25) is 0 Å². The Hall–Kier alpha value is -2.08. The maximum Gasteiger partial charge on any atom is 0.318 e. The van der Waals surface area contributed by atoms with Crippen LogP contribution in [-0.4, -0.2) is 25.5 Å². The molecule has 0 aliphatic rings. The van der Waals surface area contributed by atoms with E-state index >= 15 is 0 Å². The highest BCUT2D eigenvalue weighted by Gasteiger charge is 2.25. The van der Waals surface area contributed by atoms with Crippen molar-refractivity contribution in [3.05, 3.63) is 24.3 Å². The molecule has 1 aromatic carbocycles. The van der Waals surface area contributed by atoms with Crippen LogP contribution in [0.15, 0.2) is 24.3 Å². The summed E-state index contributed by atoms with van der Waals surface area (Å²) in [7, 11) is 1.54. The van der Waals surface area contributed by atoms with Gasteiger partial charge in [-0.05, 0) is 38.1 Å². The summed E-state index contributed by atoms with van der Waals surface area (Å²) in [6, 6.07) is 6.56. The van der Waals surface area contributed by atoms with E-state index in [1.54, 1.807) is 45.2 Å². The van der Waals surface area contributed by atoms with E-state index in [2.05, 4.69) is 16.0 Å². The number of carbonyl (C=O) groups is 2. The molecule has 0 atom stereocenters. The second kappa shape index (κ2) is 6.19. The molecule has 6 nitrogen and oxygen atoms in total. The van der Waals surface area contributed by atoms with Gasteiger partial charge in [-0.15, -0.1) is 0 Å². The highest BCUT2D eigenvalue weighted by molar-refractivity contribution is 5.95. The van der Waals surface area contributed by atoms with Gasteiger partial charge in [0.1, 0.15) is 0 Å². The molecule has 0 fully saturated rings. The lowest BCUT2D eigenvalue weighted by molar-refractivity contribution is -0.123. The van der Waals surface area contributed by atoms with Crippen molar-refractivity contribution in [2.75, 3.05) is 24.2 Å². The Labute approximate surface area is 112 Å². The van der Waals surface area contributed by atoms with Gasteiger partial charge < -0.3 is 21.7 Å². The minimum Gasteiger partial charge on any atom is -0.341 e. The Morgan fingerprint density at radius 2 is 1.58 bits per heavy atom. The molecule has 0 saturated heterocycles. The SMILES string of the molecule is CNC(=O)Nc1ccc(NC(=O)C(C)(C)CN)cc1. The summed E-state index contributed by atoms with van der Waals surface area (Å²) < 4.78 is 0. The molecule has 0 unspecified atom stereocenters. The van der Waals surface area contributed by atoms with Crippen LogP contribution < -0.4 is 21.7 Å². The van der Waals surface area contributed by atoms with Gasteiger partial charge in [-0.25, -0.2) is 4.79 Å². The third-order valence-electron chi connectivity index (χ3n) is 2.75. The van der Waals surface area contributed by atoms with E-state index in [1.165, 1.54) is 0 Å². The third kappa shape index (κ3) is 4.26. The van der Waals surface area contributed by atoms with Gasteiger partial charge in [-0.3, -0.25) is 4.79 Å². The molecule has 0 spiro atoms. The number of hydrogen-bond acceptors (Lipinski definition) is 3. The first-order chi connectivity index (χ1) is 8.89. The summed E-state index contributed by atoms with van der Waals surface area (Å²) in [6.45, 7) is 3.84. The third-order valence-corrected chi connectivity index (χ3v) is 2.75. The van der Waals surface area contributed by atoms with Crippen molar-refractivity contribution in [2.24, 2.45) is 11.1 Å². The zero-order valence-corrected chi connectivity index (χ0v) is 11.4. The maximum atomic E-state index is 11.9. The largest absolute Gasteiger partial charge is 0.341 e. The number of urea groups is 1. The van der Waals surface area contributed by atoms with E-state index in [0.29, 0.717) is 11.4 Å². The summed E-state index contributed by atoms with van der Waals surface area (Å²) in [4.78, 5) is 23.0. The van der Waals surface area contributed by atoms with Crippen LogP contribution in [0.25, 0.3) is 0 Å². The molecular weight excluding hydrogens is 244 g/mol. The second-order valence-electron chi connectivity index (χ2n) is 4.82. The molecule has 0 aliphatic carbocycles. The monoisotopic (exact) mass is 264 g/mol. The van der Waals surface area contributed by atoms with Crippen molar-refractivity contribution in [1.29, 1.82) is 0 Å². The van der Waals surface area contributed by atoms with Gasteiger partial charge in [-0.2, -0.15) is 0 Å². The standard InChI is InChI=1S/C13H20N4O2/c1-13(2,8-14)11(18)16-9-4-6-10(7-5-9)17-12(19)15-3/h4-7H,8,14H2,1-3H3,(H,16,18)(H2,15,17,19). The number of nitrogens with two attached hydrogens (primary N) is 1. The second-order valence-corrected chi connectivity index (χ2v) is 4.82. The average Bonchev–Trinajstić information content (AvgIpc) is 2.40. The van der Waals surface area contributed by atoms with Crippen molar-refractivity contribution in [1.82, 2.24) is 5.32 Å². The molecule has 0 radical (unpaired) electrons. The van der Waals surface area contributed by atoms with E-state index in [-0.39, 0.29) is 18.5 Å². The lowest BCUT2D eigenvalue weighted by atomic mass is 9.92. The summed E-state index contributed by atoms with van der Waals surface area (Å²) in [5.74, 6) is -0.137. The molecule has 0 heterocycles. The van der Waals surface area contributed by atoms with Crippen LogP contribution in [0.4, 0.5) is 16.2 Å². The predicted octanol–water partition coefficient (Wildman–Crippen LogP) is 1.36. The molecule has 6 heteroatoms. The van der Waals surface area contributed by atoms with Crippen LogP contribution in [0.3, 0.4) is 0 Å². The quantitative estimate of drug-likeness (QED) is 0.661. The van der Waals surface area contributed by atoms with Crippen molar-refractivity contribution in [3.63, 3.8) is 0 Å². The minimum absolute atomic E-state index is 0.137. The Balaban J connectivity index is 2.67. The Morgan fingerprint density at radius 1 is 1.11 bits per heavy atom. The van der Waals surface area contributed by atoms with Crippen molar-refractivity contribution in [3.8, 4) is 0 Å². The highest BCUT2D eigenvalue weighted by Crippen LogP contribution is 2.18. The lowest BCUT2D eigenvalue weighted by Crippen LogP contribution is -2.37. The molecule has 1 rings (SSSR count). The van der Waals surface area contributed by atoms with Gasteiger partial charge in [0.25, 0.3) is 0 Å². The normalized spacial score (nSPS) is 10.7. The van der Waals surface area contributed by atoms with Crippen LogP contribution in [0.5, 0.6) is 0 Å². The molecule has 5 N–H and O–H groups in total. The first-order valence-corrected chi connectivity index (χ1v) is 5.99. The van der Waals surface area contributed by atoms with Crippen molar-refractivity contribution in [2.45, 2.75) is 13.8 Å². The molecule has 0 aromatic heterocycles.